The van der Waals surface area contributed by atoms with Crippen molar-refractivity contribution < 1.29 is 21.8 Å². The maximum atomic E-state index is 5.72. The minimum atomic E-state index is -1.08. The molecular formula is C14H27CuOSi. The van der Waals surface area contributed by atoms with Crippen molar-refractivity contribution in [3.8, 4) is 0 Å². The summed E-state index contributed by atoms with van der Waals surface area (Å²) in [4.78, 5) is 0. The molecule has 0 N–H and O–H groups in total. The number of rotatable bonds is 6. The van der Waals surface area contributed by atoms with Gasteiger partial charge in [0.05, 0.1) is 6.10 Å². The molecule has 3 heteroatoms. The van der Waals surface area contributed by atoms with Crippen LogP contribution in [0.2, 0.25) is 19.6 Å². The molecule has 0 spiro atoms. The van der Waals surface area contributed by atoms with Crippen molar-refractivity contribution in [3.05, 3.63) is 11.8 Å². The van der Waals surface area contributed by atoms with E-state index in [-0.39, 0.29) is 17.1 Å². The van der Waals surface area contributed by atoms with E-state index in [0.717, 1.165) is 6.61 Å². The second-order valence-electron chi connectivity index (χ2n) is 5.87. The Hall–Kier alpha value is 0.436. The Morgan fingerprint density at radius 3 is 2.59 bits per heavy atom. The van der Waals surface area contributed by atoms with Crippen LogP contribution in [0.3, 0.4) is 0 Å². The molecule has 0 bridgehead atoms. The number of hydrogen-bond donors (Lipinski definition) is 0. The van der Waals surface area contributed by atoms with Crippen molar-refractivity contribution in [3.63, 3.8) is 0 Å². The summed E-state index contributed by atoms with van der Waals surface area (Å²) < 4.78 is 5.72. The van der Waals surface area contributed by atoms with Gasteiger partial charge in [-0.3, -0.25) is 6.08 Å². The van der Waals surface area contributed by atoms with Crippen molar-refractivity contribution in [2.75, 3.05) is 6.61 Å². The minimum Gasteiger partial charge on any atom is -0.502 e. The van der Waals surface area contributed by atoms with Gasteiger partial charge in [-0.05, 0) is 25.7 Å². The fourth-order valence-electron chi connectivity index (χ4n) is 2.03. The standard InChI is InChI=1S/C14H27OSi.Cu/c1-16(2,3)13-9-5-4-6-10-14-11-7-8-12-15-14;/h9,14H,4-8,10-12H2,1-3H3;/q-1;+1. The van der Waals surface area contributed by atoms with Crippen LogP contribution in [0.4, 0.5) is 0 Å². The van der Waals surface area contributed by atoms with Crippen LogP contribution in [0.25, 0.3) is 0 Å². The number of hydrogen-bond acceptors (Lipinski definition) is 1. The first-order valence-corrected chi connectivity index (χ1v) is 10.3. The van der Waals surface area contributed by atoms with Gasteiger partial charge in [-0.2, -0.15) is 0 Å². The second-order valence-corrected chi connectivity index (χ2v) is 10.7. The molecule has 1 unspecified atom stereocenters. The van der Waals surface area contributed by atoms with Crippen LogP contribution in [0.1, 0.15) is 44.9 Å². The molecule has 104 valence electrons. The average Bonchev–Trinajstić information content (AvgIpc) is 2.23. The molecule has 1 fully saturated rings. The molecule has 1 rings (SSSR count). The van der Waals surface area contributed by atoms with Gasteiger partial charge in [0.15, 0.2) is 0 Å². The van der Waals surface area contributed by atoms with E-state index in [0.29, 0.717) is 6.10 Å². The van der Waals surface area contributed by atoms with Crippen molar-refractivity contribution >= 4 is 8.07 Å². The summed E-state index contributed by atoms with van der Waals surface area (Å²) >= 11 is 0. The number of ether oxygens (including phenoxy) is 1. The van der Waals surface area contributed by atoms with Gasteiger partial charge in [-0.15, -0.1) is 8.07 Å². The van der Waals surface area contributed by atoms with Crippen LogP contribution in [0.15, 0.2) is 6.08 Å². The van der Waals surface area contributed by atoms with Gasteiger partial charge in [0, 0.05) is 6.61 Å². The van der Waals surface area contributed by atoms with Gasteiger partial charge < -0.3 is 10.4 Å². The van der Waals surface area contributed by atoms with Crippen LogP contribution in [0, 0.1) is 5.70 Å². The van der Waals surface area contributed by atoms with Gasteiger partial charge in [0.1, 0.15) is 0 Å². The van der Waals surface area contributed by atoms with Crippen molar-refractivity contribution in [1.82, 2.24) is 0 Å². The third-order valence-corrected chi connectivity index (χ3v) is 4.00. The van der Waals surface area contributed by atoms with E-state index < -0.39 is 8.07 Å². The molecule has 0 aliphatic carbocycles. The zero-order valence-electron chi connectivity index (χ0n) is 11.5. The summed E-state index contributed by atoms with van der Waals surface area (Å²) in [6.07, 6.45) is 11.9. The van der Waals surface area contributed by atoms with Crippen LogP contribution >= 0.6 is 0 Å². The molecule has 0 amide bonds. The topological polar surface area (TPSA) is 9.23 Å². The van der Waals surface area contributed by atoms with E-state index in [1.165, 1.54) is 44.9 Å². The Bertz CT molecular complexity index is 205. The first-order chi connectivity index (χ1) is 7.58. The fourth-order valence-corrected chi connectivity index (χ4v) is 2.79. The summed E-state index contributed by atoms with van der Waals surface area (Å²) in [5.74, 6) is 0. The maximum Gasteiger partial charge on any atom is 1.00 e. The Labute approximate surface area is 119 Å². The zero-order valence-corrected chi connectivity index (χ0v) is 13.5. The van der Waals surface area contributed by atoms with Crippen molar-refractivity contribution in [2.45, 2.75) is 70.7 Å². The van der Waals surface area contributed by atoms with Gasteiger partial charge in [0.2, 0.25) is 0 Å². The summed E-state index contributed by atoms with van der Waals surface area (Å²) in [5, 5.41) is 0. The quantitative estimate of drug-likeness (QED) is 0.403. The van der Waals surface area contributed by atoms with Gasteiger partial charge in [0.25, 0.3) is 0 Å². The molecule has 1 aliphatic heterocycles. The fraction of sp³-hybridized carbons (Fsp3) is 0.857. The van der Waals surface area contributed by atoms with Gasteiger partial charge in [-0.1, -0.05) is 38.9 Å². The van der Waals surface area contributed by atoms with E-state index >= 15 is 0 Å². The summed E-state index contributed by atoms with van der Waals surface area (Å²) in [5.41, 5.74) is 3.54. The predicted octanol–water partition coefficient (Wildman–Crippen LogP) is 4.35. The SMILES string of the molecule is C[Si](C)(C)[C-]=CCCCCC1CCCCO1.[Cu+]. The molecule has 1 saturated heterocycles. The van der Waals surface area contributed by atoms with Crippen LogP contribution in [-0.4, -0.2) is 20.8 Å². The van der Waals surface area contributed by atoms with Crippen molar-refractivity contribution in [2.24, 2.45) is 0 Å². The van der Waals surface area contributed by atoms with Crippen LogP contribution in [0.5, 0.6) is 0 Å². The molecule has 1 aliphatic rings. The maximum absolute atomic E-state index is 5.72. The molecule has 0 aromatic carbocycles. The van der Waals surface area contributed by atoms with Crippen LogP contribution < -0.4 is 0 Å². The van der Waals surface area contributed by atoms with Crippen LogP contribution in [-0.2, 0) is 21.8 Å². The molecular weight excluding hydrogens is 276 g/mol. The number of unbranched alkanes of at least 4 members (excludes halogenated alkanes) is 2. The third-order valence-electron chi connectivity index (χ3n) is 2.93. The minimum absolute atomic E-state index is 0. The Morgan fingerprint density at radius 2 is 2.00 bits per heavy atom. The Balaban J connectivity index is 0.00000256. The summed E-state index contributed by atoms with van der Waals surface area (Å²) in [6.45, 7) is 7.99. The first kappa shape index (κ1) is 17.4. The Kier molecular flexibility index (Phi) is 9.62. The normalized spacial score (nSPS) is 21.5. The van der Waals surface area contributed by atoms with E-state index in [4.69, 9.17) is 4.74 Å². The van der Waals surface area contributed by atoms with Gasteiger partial charge >= 0.3 is 17.1 Å². The predicted molar refractivity (Wildman–Crippen MR) is 73.2 cm³/mol. The first-order valence-electron chi connectivity index (χ1n) is 6.79. The molecule has 0 aromatic rings. The average molecular weight is 303 g/mol. The second kappa shape index (κ2) is 9.38. The van der Waals surface area contributed by atoms with E-state index in [2.05, 4.69) is 31.4 Å². The third kappa shape index (κ3) is 10.1. The molecule has 1 atom stereocenters. The Morgan fingerprint density at radius 1 is 1.24 bits per heavy atom. The molecule has 0 saturated carbocycles. The molecule has 1 heterocycles. The monoisotopic (exact) mass is 302 g/mol. The molecule has 1 nitrogen and oxygen atoms in total. The van der Waals surface area contributed by atoms with E-state index in [1.807, 2.05) is 0 Å². The molecule has 0 radical (unpaired) electrons. The molecule has 0 aromatic heterocycles. The molecule has 17 heavy (non-hydrogen) atoms. The smallest absolute Gasteiger partial charge is 0.502 e. The largest absolute Gasteiger partial charge is 1.00 e. The summed E-state index contributed by atoms with van der Waals surface area (Å²) in [7, 11) is -1.08. The van der Waals surface area contributed by atoms with Gasteiger partial charge in [-0.25, -0.2) is 0 Å². The zero-order chi connectivity index (χ0) is 11.9. The summed E-state index contributed by atoms with van der Waals surface area (Å²) in [6, 6.07) is 0. The number of allylic oxidation sites excluding steroid dienone is 1. The van der Waals surface area contributed by atoms with E-state index in [9.17, 15) is 0 Å². The van der Waals surface area contributed by atoms with E-state index in [1.54, 1.807) is 0 Å². The van der Waals surface area contributed by atoms with Crippen molar-refractivity contribution in [1.29, 1.82) is 0 Å².